The Hall–Kier alpha value is -1.15. The highest BCUT2D eigenvalue weighted by atomic mass is 35.5. The van der Waals surface area contributed by atoms with E-state index in [-0.39, 0.29) is 12.4 Å². The molecule has 6 nitrogen and oxygen atoms in total. The number of nitrogens with two attached hydrogens (primary N) is 1. The van der Waals surface area contributed by atoms with Crippen molar-refractivity contribution in [2.75, 3.05) is 25.9 Å². The van der Waals surface area contributed by atoms with Crippen molar-refractivity contribution in [2.45, 2.75) is 13.0 Å². The largest absolute Gasteiger partial charge is 0.337 e. The first kappa shape index (κ1) is 19.9. The Morgan fingerprint density at radius 1 is 1.29 bits per heavy atom. The van der Waals surface area contributed by atoms with Crippen molar-refractivity contribution in [1.82, 2.24) is 9.62 Å². The predicted molar refractivity (Wildman–Crippen MR) is 85.6 cm³/mol. The lowest BCUT2D eigenvalue weighted by atomic mass is 10.2. The SMILES string of the molecule is CNS(=O)(=O)CC(=O)N(CCCN)Cc1ccccc1.Cl. The van der Waals surface area contributed by atoms with Gasteiger partial charge in [0.15, 0.2) is 0 Å². The van der Waals surface area contributed by atoms with Crippen molar-refractivity contribution < 1.29 is 13.2 Å². The molecule has 0 aromatic heterocycles. The van der Waals surface area contributed by atoms with Crippen LogP contribution in [0.4, 0.5) is 0 Å². The second-order valence-corrected chi connectivity index (χ2v) is 6.33. The molecule has 0 spiro atoms. The molecule has 120 valence electrons. The van der Waals surface area contributed by atoms with Gasteiger partial charge < -0.3 is 10.6 Å². The molecule has 0 fully saturated rings. The summed E-state index contributed by atoms with van der Waals surface area (Å²) in [6.45, 7) is 1.29. The number of benzene rings is 1. The van der Waals surface area contributed by atoms with Crippen LogP contribution in [0, 0.1) is 0 Å². The highest BCUT2D eigenvalue weighted by Crippen LogP contribution is 2.06. The van der Waals surface area contributed by atoms with Crippen molar-refractivity contribution in [3.8, 4) is 0 Å². The van der Waals surface area contributed by atoms with E-state index in [0.717, 1.165) is 5.56 Å². The van der Waals surface area contributed by atoms with E-state index < -0.39 is 21.7 Å². The van der Waals surface area contributed by atoms with Gasteiger partial charge in [-0.2, -0.15) is 0 Å². The van der Waals surface area contributed by atoms with Crippen LogP contribution in [-0.4, -0.2) is 45.1 Å². The lowest BCUT2D eigenvalue weighted by Crippen LogP contribution is -2.39. The molecule has 8 heteroatoms. The zero-order valence-corrected chi connectivity index (χ0v) is 13.6. The Morgan fingerprint density at radius 3 is 2.43 bits per heavy atom. The molecule has 1 aromatic rings. The maximum Gasteiger partial charge on any atom is 0.239 e. The molecule has 0 atom stereocenters. The standard InChI is InChI=1S/C13H21N3O3S.ClH/c1-15-20(18,19)11-13(17)16(9-5-8-14)10-12-6-3-2-4-7-12;/h2-4,6-7,15H,5,8-11,14H2,1H3;1H. The summed E-state index contributed by atoms with van der Waals surface area (Å²) < 4.78 is 25.1. The number of hydrogen-bond acceptors (Lipinski definition) is 4. The van der Waals surface area contributed by atoms with Crippen LogP contribution in [0.1, 0.15) is 12.0 Å². The second-order valence-electron chi connectivity index (χ2n) is 4.41. The third-order valence-corrected chi connectivity index (χ3v) is 4.07. The van der Waals surface area contributed by atoms with Crippen molar-refractivity contribution in [3.05, 3.63) is 35.9 Å². The normalized spacial score (nSPS) is 10.8. The van der Waals surface area contributed by atoms with Crippen LogP contribution in [0.25, 0.3) is 0 Å². The maximum atomic E-state index is 12.1. The molecule has 21 heavy (non-hydrogen) atoms. The third kappa shape index (κ3) is 7.42. The summed E-state index contributed by atoms with van der Waals surface area (Å²) in [4.78, 5) is 13.6. The summed E-state index contributed by atoms with van der Waals surface area (Å²) in [5.74, 6) is -0.961. The molecule has 3 N–H and O–H groups in total. The Kier molecular flexibility index (Phi) is 9.19. The summed E-state index contributed by atoms with van der Waals surface area (Å²) in [5.41, 5.74) is 6.41. The third-order valence-electron chi connectivity index (χ3n) is 2.83. The highest BCUT2D eigenvalue weighted by Gasteiger charge is 2.20. The van der Waals surface area contributed by atoms with Gasteiger partial charge in [0.05, 0.1) is 0 Å². The van der Waals surface area contributed by atoms with Gasteiger partial charge in [0.2, 0.25) is 15.9 Å². The lowest BCUT2D eigenvalue weighted by molar-refractivity contribution is -0.129. The highest BCUT2D eigenvalue weighted by molar-refractivity contribution is 7.90. The Bertz CT molecular complexity index is 523. The minimum absolute atomic E-state index is 0. The molecule has 0 heterocycles. The molecule has 0 saturated heterocycles. The minimum Gasteiger partial charge on any atom is -0.337 e. The fourth-order valence-electron chi connectivity index (χ4n) is 1.70. The van der Waals surface area contributed by atoms with Crippen LogP contribution in [0.15, 0.2) is 30.3 Å². The molecule has 1 amide bonds. The van der Waals surface area contributed by atoms with E-state index in [1.807, 2.05) is 30.3 Å². The number of carbonyl (C=O) groups excluding carboxylic acids is 1. The molecular weight excluding hydrogens is 314 g/mol. The van der Waals surface area contributed by atoms with Gasteiger partial charge in [0.1, 0.15) is 5.75 Å². The zero-order chi connectivity index (χ0) is 15.0. The summed E-state index contributed by atoms with van der Waals surface area (Å²) in [6.07, 6.45) is 0.637. The quantitative estimate of drug-likeness (QED) is 0.716. The molecule has 1 aromatic carbocycles. The number of amides is 1. The Labute approximate surface area is 132 Å². The molecule has 0 saturated carbocycles. The van der Waals surface area contributed by atoms with Crippen LogP contribution in [0.5, 0.6) is 0 Å². The molecular formula is C13H22ClN3O3S. The van der Waals surface area contributed by atoms with E-state index in [4.69, 9.17) is 5.73 Å². The number of hydrogen-bond donors (Lipinski definition) is 2. The number of halogens is 1. The van der Waals surface area contributed by atoms with E-state index in [9.17, 15) is 13.2 Å². The molecule has 0 unspecified atom stereocenters. The summed E-state index contributed by atoms with van der Waals surface area (Å²) in [5, 5.41) is 0. The van der Waals surface area contributed by atoms with Crippen LogP contribution in [0.3, 0.4) is 0 Å². The van der Waals surface area contributed by atoms with Crippen molar-refractivity contribution in [2.24, 2.45) is 5.73 Å². The number of rotatable bonds is 8. The van der Waals surface area contributed by atoms with Crippen molar-refractivity contribution in [1.29, 1.82) is 0 Å². The molecule has 0 aliphatic rings. The van der Waals surface area contributed by atoms with Gasteiger partial charge in [-0.15, -0.1) is 12.4 Å². The van der Waals surface area contributed by atoms with Crippen molar-refractivity contribution in [3.63, 3.8) is 0 Å². The van der Waals surface area contributed by atoms with Gasteiger partial charge in [-0.3, -0.25) is 4.79 Å². The number of sulfonamides is 1. The average molecular weight is 336 g/mol. The lowest BCUT2D eigenvalue weighted by Gasteiger charge is -2.22. The molecule has 0 radical (unpaired) electrons. The smallest absolute Gasteiger partial charge is 0.239 e. The molecule has 0 aliphatic carbocycles. The van der Waals surface area contributed by atoms with E-state index in [1.54, 1.807) is 0 Å². The van der Waals surface area contributed by atoms with Crippen molar-refractivity contribution >= 4 is 28.3 Å². The zero-order valence-electron chi connectivity index (χ0n) is 12.0. The number of nitrogens with one attached hydrogen (secondary N) is 1. The fourth-order valence-corrected chi connectivity index (χ4v) is 2.36. The monoisotopic (exact) mass is 335 g/mol. The maximum absolute atomic E-state index is 12.1. The van der Waals surface area contributed by atoms with Gasteiger partial charge in [0.25, 0.3) is 0 Å². The summed E-state index contributed by atoms with van der Waals surface area (Å²) in [7, 11) is -2.26. The first-order chi connectivity index (χ1) is 9.48. The Balaban J connectivity index is 0.00000400. The first-order valence-corrected chi connectivity index (χ1v) is 8.06. The number of carbonyl (C=O) groups is 1. The van der Waals surface area contributed by atoms with Crippen LogP contribution in [0.2, 0.25) is 0 Å². The van der Waals surface area contributed by atoms with E-state index in [2.05, 4.69) is 4.72 Å². The Morgan fingerprint density at radius 2 is 1.90 bits per heavy atom. The van der Waals surface area contributed by atoms with Crippen LogP contribution in [-0.2, 0) is 21.4 Å². The summed E-state index contributed by atoms with van der Waals surface area (Å²) >= 11 is 0. The predicted octanol–water partition coefficient (Wildman–Crippen LogP) is 0.335. The molecule has 0 aliphatic heterocycles. The fraction of sp³-hybridized carbons (Fsp3) is 0.462. The molecule has 0 bridgehead atoms. The van der Waals surface area contributed by atoms with E-state index >= 15 is 0 Å². The molecule has 1 rings (SSSR count). The minimum atomic E-state index is -3.55. The topological polar surface area (TPSA) is 92.5 Å². The van der Waals surface area contributed by atoms with E-state index in [0.29, 0.717) is 26.1 Å². The second kappa shape index (κ2) is 9.73. The van der Waals surface area contributed by atoms with Gasteiger partial charge in [0, 0.05) is 13.1 Å². The van der Waals surface area contributed by atoms with E-state index in [1.165, 1.54) is 11.9 Å². The van der Waals surface area contributed by atoms with Gasteiger partial charge in [-0.1, -0.05) is 30.3 Å². The average Bonchev–Trinajstić information content (AvgIpc) is 2.44. The van der Waals surface area contributed by atoms with Crippen LogP contribution < -0.4 is 10.5 Å². The summed E-state index contributed by atoms with van der Waals surface area (Å²) in [6, 6.07) is 9.45. The van der Waals surface area contributed by atoms with Crippen LogP contribution >= 0.6 is 12.4 Å². The van der Waals surface area contributed by atoms with Gasteiger partial charge in [-0.05, 0) is 25.6 Å². The van der Waals surface area contributed by atoms with Gasteiger partial charge >= 0.3 is 0 Å². The number of nitrogens with zero attached hydrogens (tertiary/aromatic N) is 1. The first-order valence-electron chi connectivity index (χ1n) is 6.41. The van der Waals surface area contributed by atoms with Gasteiger partial charge in [-0.25, -0.2) is 13.1 Å².